The van der Waals surface area contributed by atoms with E-state index in [1.807, 2.05) is 0 Å². The van der Waals surface area contributed by atoms with Crippen molar-refractivity contribution in [2.24, 2.45) is 5.92 Å². The Morgan fingerprint density at radius 1 is 1.20 bits per heavy atom. The predicted molar refractivity (Wildman–Crippen MR) is 85.1 cm³/mol. The van der Waals surface area contributed by atoms with Crippen LogP contribution in [-0.2, 0) is 6.54 Å². The summed E-state index contributed by atoms with van der Waals surface area (Å²) in [7, 11) is 0. The van der Waals surface area contributed by atoms with Crippen LogP contribution in [-0.4, -0.2) is 12.6 Å². The second-order valence-electron chi connectivity index (χ2n) is 6.01. The van der Waals surface area contributed by atoms with Gasteiger partial charge in [-0.05, 0) is 42.9 Å². The van der Waals surface area contributed by atoms with Crippen molar-refractivity contribution in [2.75, 3.05) is 6.61 Å². The molecule has 112 valence electrons. The van der Waals surface area contributed by atoms with Gasteiger partial charge in [-0.25, -0.2) is 0 Å². The van der Waals surface area contributed by atoms with E-state index in [4.69, 9.17) is 4.74 Å². The van der Waals surface area contributed by atoms with E-state index >= 15 is 0 Å². The molecule has 1 unspecified atom stereocenters. The molecule has 0 heterocycles. The summed E-state index contributed by atoms with van der Waals surface area (Å²) in [5, 5.41) is 3.69. The lowest BCUT2D eigenvalue weighted by Gasteiger charge is -2.16. The van der Waals surface area contributed by atoms with Crippen LogP contribution in [0, 0.1) is 5.92 Å². The smallest absolute Gasteiger partial charge is 0.119 e. The molecule has 0 aromatic heterocycles. The van der Waals surface area contributed by atoms with Crippen molar-refractivity contribution in [3.63, 3.8) is 0 Å². The number of hydrogen-bond donors (Lipinski definition) is 1. The predicted octanol–water partition coefficient (Wildman–Crippen LogP) is 4.53. The van der Waals surface area contributed by atoms with E-state index < -0.39 is 0 Å². The topological polar surface area (TPSA) is 21.3 Å². The number of benzene rings is 1. The molecule has 0 saturated heterocycles. The summed E-state index contributed by atoms with van der Waals surface area (Å²) in [5.41, 5.74) is 1.35. The average molecular weight is 275 g/mol. The van der Waals surface area contributed by atoms with Crippen molar-refractivity contribution in [1.82, 2.24) is 5.32 Å². The van der Waals surface area contributed by atoms with Crippen LogP contribution in [0.1, 0.15) is 57.9 Å². The minimum Gasteiger partial charge on any atom is -0.494 e. The van der Waals surface area contributed by atoms with Gasteiger partial charge in [0.05, 0.1) is 6.61 Å². The quantitative estimate of drug-likeness (QED) is 0.633. The fourth-order valence-electron chi connectivity index (χ4n) is 2.45. The summed E-state index contributed by atoms with van der Waals surface area (Å²) in [6.07, 6.45) is 7.79. The molecule has 1 aliphatic rings. The van der Waals surface area contributed by atoms with Crippen LogP contribution in [0.3, 0.4) is 0 Å². The summed E-state index contributed by atoms with van der Waals surface area (Å²) in [6, 6.07) is 9.22. The first-order valence-corrected chi connectivity index (χ1v) is 8.27. The first kappa shape index (κ1) is 15.4. The molecule has 20 heavy (non-hydrogen) atoms. The molecule has 0 radical (unpaired) electrons. The number of ether oxygens (including phenoxy) is 1. The molecule has 2 heteroatoms. The Kier molecular flexibility index (Phi) is 6.38. The Morgan fingerprint density at radius 3 is 2.55 bits per heavy atom. The van der Waals surface area contributed by atoms with Crippen molar-refractivity contribution < 1.29 is 4.74 Å². The van der Waals surface area contributed by atoms with Gasteiger partial charge in [0, 0.05) is 12.6 Å². The Labute approximate surface area is 123 Å². The summed E-state index contributed by atoms with van der Waals surface area (Å²) < 4.78 is 5.69. The van der Waals surface area contributed by atoms with E-state index in [-0.39, 0.29) is 0 Å². The third-order valence-electron chi connectivity index (χ3n) is 4.09. The van der Waals surface area contributed by atoms with Gasteiger partial charge in [0.1, 0.15) is 5.75 Å². The normalized spacial score (nSPS) is 16.1. The van der Waals surface area contributed by atoms with Gasteiger partial charge >= 0.3 is 0 Å². The molecule has 1 atom stereocenters. The largest absolute Gasteiger partial charge is 0.494 e. The minimum absolute atomic E-state index is 0.683. The van der Waals surface area contributed by atoms with E-state index in [0.29, 0.717) is 6.04 Å². The minimum atomic E-state index is 0.683. The second-order valence-corrected chi connectivity index (χ2v) is 6.01. The van der Waals surface area contributed by atoms with Gasteiger partial charge in [0.15, 0.2) is 0 Å². The summed E-state index contributed by atoms with van der Waals surface area (Å²) in [5.74, 6) is 1.99. The van der Waals surface area contributed by atoms with Crippen molar-refractivity contribution in [1.29, 1.82) is 0 Å². The summed E-state index contributed by atoms with van der Waals surface area (Å²) in [4.78, 5) is 0. The second kappa shape index (κ2) is 8.31. The SMILES string of the molecule is CCCCOc1ccc(CNC(CC)CC2CC2)cc1. The number of nitrogens with one attached hydrogen (secondary N) is 1. The Bertz CT molecular complexity index is 370. The number of unbranched alkanes of at least 4 members (excludes halogenated alkanes) is 1. The molecule has 0 aliphatic heterocycles. The number of rotatable bonds is 10. The first-order chi connectivity index (χ1) is 9.81. The molecule has 1 fully saturated rings. The van der Waals surface area contributed by atoms with Crippen molar-refractivity contribution in [3.05, 3.63) is 29.8 Å². The molecule has 0 amide bonds. The first-order valence-electron chi connectivity index (χ1n) is 8.27. The average Bonchev–Trinajstić information content (AvgIpc) is 3.29. The Morgan fingerprint density at radius 2 is 1.95 bits per heavy atom. The third-order valence-corrected chi connectivity index (χ3v) is 4.09. The van der Waals surface area contributed by atoms with Crippen LogP contribution in [0.25, 0.3) is 0 Å². The fourth-order valence-corrected chi connectivity index (χ4v) is 2.45. The maximum absolute atomic E-state index is 5.69. The van der Waals surface area contributed by atoms with Crippen molar-refractivity contribution in [2.45, 2.75) is 65.0 Å². The third kappa shape index (κ3) is 5.54. The Balaban J connectivity index is 1.71. The molecule has 1 aromatic rings. The monoisotopic (exact) mass is 275 g/mol. The van der Waals surface area contributed by atoms with Crippen LogP contribution in [0.2, 0.25) is 0 Å². The highest BCUT2D eigenvalue weighted by molar-refractivity contribution is 5.27. The molecular formula is C18H29NO. The van der Waals surface area contributed by atoms with Gasteiger partial charge in [-0.3, -0.25) is 0 Å². The van der Waals surface area contributed by atoms with Gasteiger partial charge in [-0.1, -0.05) is 45.2 Å². The Hall–Kier alpha value is -1.02. The highest BCUT2D eigenvalue weighted by atomic mass is 16.5. The standard InChI is InChI=1S/C18H29NO/c1-3-5-12-20-18-10-8-16(9-11-18)14-19-17(4-2)13-15-6-7-15/h8-11,15,17,19H,3-7,12-14H2,1-2H3. The van der Waals surface area contributed by atoms with Crippen LogP contribution in [0.15, 0.2) is 24.3 Å². The van der Waals surface area contributed by atoms with Gasteiger partial charge in [0.2, 0.25) is 0 Å². The molecule has 2 rings (SSSR count). The van der Waals surface area contributed by atoms with E-state index in [1.54, 1.807) is 0 Å². The zero-order valence-corrected chi connectivity index (χ0v) is 13.0. The van der Waals surface area contributed by atoms with E-state index in [9.17, 15) is 0 Å². The van der Waals surface area contributed by atoms with Crippen LogP contribution >= 0.6 is 0 Å². The van der Waals surface area contributed by atoms with Crippen LogP contribution in [0.5, 0.6) is 5.75 Å². The molecule has 1 N–H and O–H groups in total. The fraction of sp³-hybridized carbons (Fsp3) is 0.667. The summed E-state index contributed by atoms with van der Waals surface area (Å²) in [6.45, 7) is 6.27. The maximum atomic E-state index is 5.69. The molecule has 1 saturated carbocycles. The number of hydrogen-bond acceptors (Lipinski definition) is 2. The molecule has 1 aliphatic carbocycles. The lowest BCUT2D eigenvalue weighted by Crippen LogP contribution is -2.28. The zero-order valence-electron chi connectivity index (χ0n) is 13.0. The van der Waals surface area contributed by atoms with E-state index in [0.717, 1.165) is 31.2 Å². The maximum Gasteiger partial charge on any atom is 0.119 e. The highest BCUT2D eigenvalue weighted by Gasteiger charge is 2.24. The van der Waals surface area contributed by atoms with E-state index in [1.165, 1.54) is 37.7 Å². The van der Waals surface area contributed by atoms with Crippen molar-refractivity contribution in [3.8, 4) is 5.75 Å². The molecule has 0 bridgehead atoms. The lowest BCUT2D eigenvalue weighted by molar-refractivity contribution is 0.309. The van der Waals surface area contributed by atoms with Crippen LogP contribution in [0.4, 0.5) is 0 Å². The molecule has 0 spiro atoms. The zero-order chi connectivity index (χ0) is 14.2. The summed E-state index contributed by atoms with van der Waals surface area (Å²) >= 11 is 0. The molecular weight excluding hydrogens is 246 g/mol. The van der Waals surface area contributed by atoms with Gasteiger partial charge in [0.25, 0.3) is 0 Å². The highest BCUT2D eigenvalue weighted by Crippen LogP contribution is 2.34. The van der Waals surface area contributed by atoms with Crippen LogP contribution < -0.4 is 10.1 Å². The molecule has 2 nitrogen and oxygen atoms in total. The van der Waals surface area contributed by atoms with Crippen molar-refractivity contribution >= 4 is 0 Å². The van der Waals surface area contributed by atoms with Gasteiger partial charge < -0.3 is 10.1 Å². The lowest BCUT2D eigenvalue weighted by atomic mass is 10.1. The van der Waals surface area contributed by atoms with E-state index in [2.05, 4.69) is 43.4 Å². The van der Waals surface area contributed by atoms with Gasteiger partial charge in [-0.15, -0.1) is 0 Å². The molecule has 1 aromatic carbocycles. The van der Waals surface area contributed by atoms with Gasteiger partial charge in [-0.2, -0.15) is 0 Å².